The Morgan fingerprint density at radius 2 is 1.94 bits per heavy atom. The topological polar surface area (TPSA) is 60.2 Å². The molecule has 0 aliphatic heterocycles. The van der Waals surface area contributed by atoms with Crippen LogP contribution in [0.25, 0.3) is 0 Å². The van der Waals surface area contributed by atoms with E-state index in [1.807, 2.05) is 12.1 Å². The van der Waals surface area contributed by atoms with Crippen molar-refractivity contribution in [2.45, 2.75) is 26.7 Å². The molecule has 0 heterocycles. The first-order valence-electron chi connectivity index (χ1n) is 6.43. The fourth-order valence-electron chi connectivity index (χ4n) is 1.94. The Balaban J connectivity index is 2.61. The summed E-state index contributed by atoms with van der Waals surface area (Å²) in [6, 6.07) is 8.19. The van der Waals surface area contributed by atoms with Crippen LogP contribution in [0, 0.1) is 12.8 Å². The smallest absolute Gasteiger partial charge is 0.150 e. The van der Waals surface area contributed by atoms with Crippen molar-refractivity contribution in [3.05, 3.63) is 35.4 Å². The van der Waals surface area contributed by atoms with E-state index in [1.54, 1.807) is 6.92 Å². The number of benzene rings is 1. The Morgan fingerprint density at radius 1 is 1.28 bits per heavy atom. The van der Waals surface area contributed by atoms with Crippen molar-refractivity contribution in [2.24, 2.45) is 11.7 Å². The molecule has 1 aromatic rings. The van der Waals surface area contributed by atoms with Crippen LogP contribution < -0.4 is 5.73 Å². The summed E-state index contributed by atoms with van der Waals surface area (Å²) in [5.74, 6) is 0.707. The van der Waals surface area contributed by atoms with E-state index in [2.05, 4.69) is 19.1 Å². The number of aryl methyl sites for hydroxylation is 1. The number of sulfone groups is 1. The van der Waals surface area contributed by atoms with Crippen LogP contribution >= 0.6 is 0 Å². The molecule has 0 bridgehead atoms. The fraction of sp³-hybridized carbons (Fsp3) is 0.571. The van der Waals surface area contributed by atoms with E-state index in [0.717, 1.165) is 6.42 Å². The van der Waals surface area contributed by atoms with E-state index in [1.165, 1.54) is 11.1 Å². The van der Waals surface area contributed by atoms with E-state index in [-0.39, 0.29) is 17.4 Å². The van der Waals surface area contributed by atoms with Crippen molar-refractivity contribution in [1.29, 1.82) is 0 Å². The zero-order chi connectivity index (χ0) is 13.6. The van der Waals surface area contributed by atoms with Crippen molar-refractivity contribution in [2.75, 3.05) is 18.1 Å². The van der Waals surface area contributed by atoms with Crippen molar-refractivity contribution in [1.82, 2.24) is 0 Å². The van der Waals surface area contributed by atoms with Gasteiger partial charge in [0.05, 0.1) is 5.75 Å². The first-order valence-corrected chi connectivity index (χ1v) is 8.25. The molecule has 1 aromatic carbocycles. The van der Waals surface area contributed by atoms with Gasteiger partial charge in [-0.2, -0.15) is 0 Å². The number of hydrogen-bond acceptors (Lipinski definition) is 3. The number of rotatable bonds is 7. The average molecular weight is 269 g/mol. The Morgan fingerprint density at radius 3 is 2.50 bits per heavy atom. The minimum atomic E-state index is -2.88. The van der Waals surface area contributed by atoms with E-state index in [9.17, 15) is 8.42 Å². The van der Waals surface area contributed by atoms with E-state index in [4.69, 9.17) is 5.73 Å². The van der Waals surface area contributed by atoms with Crippen LogP contribution in [0.3, 0.4) is 0 Å². The van der Waals surface area contributed by atoms with E-state index < -0.39 is 9.84 Å². The molecule has 1 rings (SSSR count). The fourth-order valence-corrected chi connectivity index (χ4v) is 2.93. The van der Waals surface area contributed by atoms with Crippen LogP contribution in [0.1, 0.15) is 24.5 Å². The molecule has 0 amide bonds. The molecule has 1 atom stereocenters. The predicted molar refractivity (Wildman–Crippen MR) is 76.4 cm³/mol. The Hall–Kier alpha value is -0.870. The minimum Gasteiger partial charge on any atom is -0.330 e. The summed E-state index contributed by atoms with van der Waals surface area (Å²) >= 11 is 0. The third-order valence-electron chi connectivity index (χ3n) is 3.38. The minimum absolute atomic E-state index is 0.217. The second kappa shape index (κ2) is 6.90. The maximum Gasteiger partial charge on any atom is 0.150 e. The summed E-state index contributed by atoms with van der Waals surface area (Å²) in [5, 5.41) is 0. The first kappa shape index (κ1) is 15.2. The molecule has 2 N–H and O–H groups in total. The molecule has 3 nitrogen and oxygen atoms in total. The van der Waals surface area contributed by atoms with Crippen molar-refractivity contribution in [3.8, 4) is 0 Å². The van der Waals surface area contributed by atoms with Gasteiger partial charge in [0.2, 0.25) is 0 Å². The molecule has 0 radical (unpaired) electrons. The number of hydrogen-bond donors (Lipinski definition) is 1. The molecule has 0 aromatic heterocycles. The van der Waals surface area contributed by atoms with E-state index >= 15 is 0 Å². The van der Waals surface area contributed by atoms with Crippen molar-refractivity contribution >= 4 is 9.84 Å². The molecule has 1 unspecified atom stereocenters. The lowest BCUT2D eigenvalue weighted by Crippen LogP contribution is -2.21. The second-order valence-corrected chi connectivity index (χ2v) is 7.23. The van der Waals surface area contributed by atoms with Crippen LogP contribution in [0.5, 0.6) is 0 Å². The van der Waals surface area contributed by atoms with Gasteiger partial charge < -0.3 is 5.73 Å². The van der Waals surface area contributed by atoms with Gasteiger partial charge in [-0.1, -0.05) is 31.2 Å². The van der Waals surface area contributed by atoms with Gasteiger partial charge in [0.25, 0.3) is 0 Å². The van der Waals surface area contributed by atoms with Crippen molar-refractivity contribution < 1.29 is 8.42 Å². The van der Waals surface area contributed by atoms with Gasteiger partial charge in [0, 0.05) is 5.75 Å². The molecule has 0 fully saturated rings. The molecule has 18 heavy (non-hydrogen) atoms. The summed E-state index contributed by atoms with van der Waals surface area (Å²) in [5.41, 5.74) is 8.26. The van der Waals surface area contributed by atoms with Crippen LogP contribution in [0.4, 0.5) is 0 Å². The third-order valence-corrected chi connectivity index (χ3v) is 5.12. The van der Waals surface area contributed by atoms with Gasteiger partial charge in [-0.15, -0.1) is 0 Å². The maximum absolute atomic E-state index is 11.5. The molecule has 0 saturated heterocycles. The van der Waals surface area contributed by atoms with Gasteiger partial charge in [-0.3, -0.25) is 0 Å². The first-order chi connectivity index (χ1) is 8.48. The highest BCUT2D eigenvalue weighted by molar-refractivity contribution is 7.91. The van der Waals surface area contributed by atoms with Crippen LogP contribution in [0.15, 0.2) is 24.3 Å². The zero-order valence-electron chi connectivity index (χ0n) is 11.2. The highest BCUT2D eigenvalue weighted by Crippen LogP contribution is 2.16. The molecule has 0 aliphatic rings. The predicted octanol–water partition coefficient (Wildman–Crippen LogP) is 1.94. The SMILES string of the molecule is CCS(=O)(=O)CCC(CN)Cc1ccccc1C. The molecular weight excluding hydrogens is 246 g/mol. The summed E-state index contributed by atoms with van der Waals surface area (Å²) in [6.45, 7) is 4.30. The molecule has 4 heteroatoms. The summed E-state index contributed by atoms with van der Waals surface area (Å²) in [7, 11) is -2.88. The maximum atomic E-state index is 11.5. The number of nitrogens with two attached hydrogens (primary N) is 1. The summed E-state index contributed by atoms with van der Waals surface area (Å²) in [6.07, 6.45) is 1.52. The lowest BCUT2D eigenvalue weighted by molar-refractivity contribution is 0.511. The van der Waals surface area contributed by atoms with E-state index in [0.29, 0.717) is 13.0 Å². The Labute approximate surface area is 110 Å². The van der Waals surface area contributed by atoms with Crippen LogP contribution in [-0.4, -0.2) is 26.5 Å². The van der Waals surface area contributed by atoms with Crippen LogP contribution in [-0.2, 0) is 16.3 Å². The molecule has 0 spiro atoms. The lowest BCUT2D eigenvalue weighted by atomic mass is 9.94. The lowest BCUT2D eigenvalue weighted by Gasteiger charge is -2.16. The molecule has 0 aliphatic carbocycles. The van der Waals surface area contributed by atoms with Gasteiger partial charge in [-0.05, 0) is 43.4 Å². The Bertz CT molecular complexity index is 468. The van der Waals surface area contributed by atoms with Gasteiger partial charge in [-0.25, -0.2) is 8.42 Å². The highest BCUT2D eigenvalue weighted by atomic mass is 32.2. The monoisotopic (exact) mass is 269 g/mol. The molecule has 0 saturated carbocycles. The molecule has 102 valence electrons. The third kappa shape index (κ3) is 4.78. The zero-order valence-corrected chi connectivity index (χ0v) is 12.0. The van der Waals surface area contributed by atoms with Gasteiger partial charge in [0.1, 0.15) is 9.84 Å². The highest BCUT2D eigenvalue weighted by Gasteiger charge is 2.14. The second-order valence-electron chi connectivity index (χ2n) is 4.76. The van der Waals surface area contributed by atoms with Gasteiger partial charge in [0.15, 0.2) is 0 Å². The van der Waals surface area contributed by atoms with Crippen LogP contribution in [0.2, 0.25) is 0 Å². The molecular formula is C14H23NO2S. The standard InChI is InChI=1S/C14H23NO2S/c1-3-18(16,17)9-8-13(11-15)10-14-7-5-4-6-12(14)2/h4-7,13H,3,8-11,15H2,1-2H3. The average Bonchev–Trinajstić information content (AvgIpc) is 2.36. The van der Waals surface area contributed by atoms with Gasteiger partial charge >= 0.3 is 0 Å². The summed E-state index contributed by atoms with van der Waals surface area (Å²) < 4.78 is 23.0. The quantitative estimate of drug-likeness (QED) is 0.823. The Kier molecular flexibility index (Phi) is 5.82. The normalized spacial score (nSPS) is 13.5. The largest absolute Gasteiger partial charge is 0.330 e. The summed E-state index contributed by atoms with van der Waals surface area (Å²) in [4.78, 5) is 0. The van der Waals surface area contributed by atoms with Crippen molar-refractivity contribution in [3.63, 3.8) is 0 Å².